The van der Waals surface area contributed by atoms with E-state index in [0.717, 1.165) is 73.3 Å². The minimum Gasteiger partial charge on any atom is -0.434 e. The van der Waals surface area contributed by atoms with Gasteiger partial charge < -0.3 is 12.9 Å². The molecular formula is C21H20F3NO4PS-. The summed E-state index contributed by atoms with van der Waals surface area (Å²) >= 11 is 0. The molecule has 2 aromatic carbocycles. The Morgan fingerprint density at radius 1 is 0.774 bits per heavy atom. The molecule has 0 amide bonds. The molecule has 2 aliphatic rings. The van der Waals surface area contributed by atoms with Gasteiger partial charge in [0.2, 0.25) is 0 Å². The summed E-state index contributed by atoms with van der Waals surface area (Å²) in [6.07, 6.45) is 7.70. The van der Waals surface area contributed by atoms with Crippen molar-refractivity contribution in [2.24, 2.45) is 0 Å². The van der Waals surface area contributed by atoms with E-state index >= 15 is 0 Å². The minimum atomic E-state index is -5.75. The summed E-state index contributed by atoms with van der Waals surface area (Å²) in [6.45, 7) is 0. The number of halogens is 3. The Bertz CT molecular complexity index is 1250. The SMILES string of the molecule is O=S(=O)([N-]p1oc2ccc3c(c2c2c4c(ccc2o1)CCCC4)CCCC3)C(F)(F)F. The van der Waals surface area contributed by atoms with Crippen molar-refractivity contribution in [2.75, 3.05) is 0 Å². The Hall–Kier alpha value is -1.96. The van der Waals surface area contributed by atoms with Crippen LogP contribution in [0.2, 0.25) is 0 Å². The lowest BCUT2D eigenvalue weighted by Crippen LogP contribution is -2.20. The number of hydrogen-bond donors (Lipinski definition) is 0. The molecule has 1 aromatic heterocycles. The van der Waals surface area contributed by atoms with Crippen LogP contribution in [-0.4, -0.2) is 13.9 Å². The Morgan fingerprint density at radius 2 is 1.23 bits per heavy atom. The highest BCUT2D eigenvalue weighted by Gasteiger charge is 2.39. The zero-order valence-electron chi connectivity index (χ0n) is 16.5. The van der Waals surface area contributed by atoms with Gasteiger partial charge in [-0.15, -0.1) is 0 Å². The highest BCUT2D eigenvalue weighted by atomic mass is 32.2. The normalized spacial score (nSPS) is 16.9. The van der Waals surface area contributed by atoms with Gasteiger partial charge in [-0.2, -0.15) is 13.2 Å². The predicted octanol–water partition coefficient (Wildman–Crippen LogP) is 7.03. The fraction of sp³-hybridized carbons (Fsp3) is 0.429. The van der Waals surface area contributed by atoms with Crippen LogP contribution in [0.5, 0.6) is 0 Å². The molecule has 0 spiro atoms. The van der Waals surface area contributed by atoms with Crippen molar-refractivity contribution < 1.29 is 30.0 Å². The van der Waals surface area contributed by atoms with Crippen LogP contribution in [0.3, 0.4) is 0 Å². The number of rotatable bonds is 2. The zero-order chi connectivity index (χ0) is 21.8. The van der Waals surface area contributed by atoms with Crippen molar-refractivity contribution in [2.45, 2.75) is 56.9 Å². The van der Waals surface area contributed by atoms with E-state index < -0.39 is 23.7 Å². The van der Waals surface area contributed by atoms with E-state index in [1.54, 1.807) is 12.1 Å². The average Bonchev–Trinajstić information content (AvgIpc) is 2.89. The summed E-state index contributed by atoms with van der Waals surface area (Å²) < 4.78 is 76.7. The number of alkyl halides is 3. The molecule has 0 saturated heterocycles. The first-order valence-electron chi connectivity index (χ1n) is 10.2. The maximum atomic E-state index is 12.9. The third-order valence-electron chi connectivity index (χ3n) is 6.06. The summed E-state index contributed by atoms with van der Waals surface area (Å²) in [5.74, 6) is 0. The molecule has 1 heterocycles. The lowest BCUT2D eigenvalue weighted by atomic mass is 9.84. The summed E-state index contributed by atoms with van der Waals surface area (Å²) in [6, 6.07) is 7.26. The monoisotopic (exact) mass is 470 g/mol. The average molecular weight is 470 g/mol. The minimum absolute atomic E-state index is 0.339. The van der Waals surface area contributed by atoms with E-state index in [0.29, 0.717) is 11.2 Å². The Morgan fingerprint density at radius 3 is 1.68 bits per heavy atom. The quantitative estimate of drug-likeness (QED) is 0.403. The summed E-state index contributed by atoms with van der Waals surface area (Å²) in [5.41, 5.74) is -0.216. The molecule has 31 heavy (non-hydrogen) atoms. The molecule has 5 nitrogen and oxygen atoms in total. The van der Waals surface area contributed by atoms with Crippen LogP contribution in [0.15, 0.2) is 32.7 Å². The van der Waals surface area contributed by atoms with Gasteiger partial charge >= 0.3 is 5.51 Å². The molecule has 10 heteroatoms. The van der Waals surface area contributed by atoms with Gasteiger partial charge in [-0.25, -0.2) is 8.42 Å². The van der Waals surface area contributed by atoms with Crippen LogP contribution in [0.25, 0.3) is 26.4 Å². The molecule has 166 valence electrons. The second-order valence-electron chi connectivity index (χ2n) is 7.99. The van der Waals surface area contributed by atoms with E-state index in [9.17, 15) is 21.6 Å². The summed E-state index contributed by atoms with van der Waals surface area (Å²) in [7, 11) is -8.48. The molecule has 5 rings (SSSR count). The highest BCUT2D eigenvalue weighted by molar-refractivity contribution is 8.00. The van der Waals surface area contributed by atoms with Gasteiger partial charge in [0.05, 0.1) is 0 Å². The van der Waals surface area contributed by atoms with E-state index in [1.807, 2.05) is 12.1 Å². The topological polar surface area (TPSA) is 74.5 Å². The third-order valence-corrected chi connectivity index (χ3v) is 8.74. The highest BCUT2D eigenvalue weighted by Crippen LogP contribution is 2.47. The van der Waals surface area contributed by atoms with Crippen molar-refractivity contribution in [3.63, 3.8) is 0 Å². The molecule has 0 N–H and O–H groups in total. The van der Waals surface area contributed by atoms with Gasteiger partial charge in [0.15, 0.2) is 10.0 Å². The van der Waals surface area contributed by atoms with Gasteiger partial charge in [0, 0.05) is 10.8 Å². The smallest absolute Gasteiger partial charge is 0.434 e. The summed E-state index contributed by atoms with van der Waals surface area (Å²) in [4.78, 5) is 0. The van der Waals surface area contributed by atoms with Crippen molar-refractivity contribution in [3.05, 3.63) is 51.0 Å². The molecule has 0 saturated carbocycles. The molecule has 2 aliphatic carbocycles. The van der Waals surface area contributed by atoms with Crippen molar-refractivity contribution in [3.8, 4) is 0 Å². The lowest BCUT2D eigenvalue weighted by Gasteiger charge is -2.20. The maximum absolute atomic E-state index is 12.9. The number of nitrogens with zero attached hydrogens (tertiary/aromatic N) is 1. The Labute approximate surface area is 178 Å². The number of sulfonamides is 1. The van der Waals surface area contributed by atoms with Crippen LogP contribution in [0.4, 0.5) is 13.2 Å². The molecule has 0 aliphatic heterocycles. The van der Waals surface area contributed by atoms with Crippen LogP contribution < -0.4 is 0 Å². The third kappa shape index (κ3) is 3.66. The fourth-order valence-corrected chi connectivity index (χ4v) is 6.68. The molecule has 0 radical (unpaired) electrons. The first kappa shape index (κ1) is 20.9. The second-order valence-corrected chi connectivity index (χ2v) is 10.9. The Balaban J connectivity index is 1.88. The van der Waals surface area contributed by atoms with Gasteiger partial charge in [-0.3, -0.25) is 0 Å². The van der Waals surface area contributed by atoms with Crippen molar-refractivity contribution in [1.29, 1.82) is 0 Å². The van der Waals surface area contributed by atoms with Crippen molar-refractivity contribution >= 4 is 40.1 Å². The number of aryl methyl sites for hydroxylation is 4. The van der Waals surface area contributed by atoms with Gasteiger partial charge in [-0.1, -0.05) is 12.1 Å². The standard InChI is InChI=1S/C21H20F3NO4PS/c22-21(23,24)31(26,27)25-30-28-17-11-9-13-5-1-3-7-15(13)19(17)20-16-8-4-2-6-14(16)10-12-18(20)29-30/h9-12H,1-8H2/q-1. The number of hydrogen-bond acceptors (Lipinski definition) is 4. The number of benzene rings is 2. The first-order chi connectivity index (χ1) is 14.7. The zero-order valence-corrected chi connectivity index (χ0v) is 18.2. The van der Waals surface area contributed by atoms with Crippen LogP contribution in [-0.2, 0) is 35.7 Å². The fourth-order valence-electron chi connectivity index (χ4n) is 4.67. The number of fused-ring (bicyclic) bond motifs is 7. The first-order valence-corrected chi connectivity index (χ1v) is 12.8. The molecule has 0 unspecified atom stereocenters. The van der Waals surface area contributed by atoms with Gasteiger partial charge in [0.25, 0.3) is 0 Å². The Kier molecular flexibility index (Phi) is 5.11. The molecular weight excluding hydrogens is 450 g/mol. The molecule has 0 bridgehead atoms. The lowest BCUT2D eigenvalue weighted by molar-refractivity contribution is -0.0425. The van der Waals surface area contributed by atoms with E-state index in [2.05, 4.69) is 4.49 Å². The molecule has 0 fully saturated rings. The van der Waals surface area contributed by atoms with E-state index in [4.69, 9.17) is 8.39 Å². The predicted molar refractivity (Wildman–Crippen MR) is 113 cm³/mol. The molecule has 3 aromatic rings. The second kappa shape index (κ2) is 7.57. The van der Waals surface area contributed by atoms with Crippen LogP contribution in [0, 0.1) is 0 Å². The van der Waals surface area contributed by atoms with E-state index in [1.165, 1.54) is 11.1 Å². The maximum Gasteiger partial charge on any atom is 0.480 e. The van der Waals surface area contributed by atoms with Crippen LogP contribution >= 0.6 is 8.16 Å². The van der Waals surface area contributed by atoms with Crippen molar-refractivity contribution in [1.82, 2.24) is 0 Å². The van der Waals surface area contributed by atoms with E-state index in [-0.39, 0.29) is 0 Å². The van der Waals surface area contributed by atoms with Gasteiger partial charge in [0.1, 0.15) is 19.3 Å². The molecule has 0 atom stereocenters. The summed E-state index contributed by atoms with van der Waals surface area (Å²) in [5, 5.41) is 1.66. The van der Waals surface area contributed by atoms with Crippen LogP contribution in [0.1, 0.15) is 47.9 Å². The van der Waals surface area contributed by atoms with Gasteiger partial charge in [-0.05, 0) is 85.8 Å². The largest absolute Gasteiger partial charge is 0.480 e.